The number of hydrogen-bond acceptors (Lipinski definition) is 1. The summed E-state index contributed by atoms with van der Waals surface area (Å²) in [5.74, 6) is 0. The Kier molecular flexibility index (Phi) is 2.09. The zero-order valence-corrected chi connectivity index (χ0v) is 8.25. The molecule has 1 nitrogen and oxygen atoms in total. The number of hydrogen-bond donors (Lipinski definition) is 0. The number of anilines is 1. The molecule has 1 aromatic rings. The smallest absolute Gasteiger partial charge is 0.0399 e. The average molecular weight is 173 g/mol. The van der Waals surface area contributed by atoms with Gasteiger partial charge in [-0.25, -0.2) is 0 Å². The van der Waals surface area contributed by atoms with E-state index in [1.807, 2.05) is 0 Å². The minimum absolute atomic E-state index is 1.09. The van der Waals surface area contributed by atoms with Gasteiger partial charge in [0.1, 0.15) is 0 Å². The zero-order chi connectivity index (χ0) is 9.26. The third-order valence-corrected chi connectivity index (χ3v) is 2.56. The van der Waals surface area contributed by atoms with E-state index in [0.717, 1.165) is 12.8 Å². The van der Waals surface area contributed by atoms with Gasteiger partial charge in [-0.15, -0.1) is 0 Å². The Bertz CT molecular complexity index is 337. The Hall–Kier alpha value is -1.24. The maximum atomic E-state index is 2.26. The lowest BCUT2D eigenvalue weighted by molar-refractivity contribution is 1.04. The van der Waals surface area contributed by atoms with Crippen LogP contribution < -0.4 is 4.90 Å². The van der Waals surface area contributed by atoms with E-state index in [4.69, 9.17) is 0 Å². The van der Waals surface area contributed by atoms with Crippen LogP contribution in [0.2, 0.25) is 0 Å². The van der Waals surface area contributed by atoms with Gasteiger partial charge in [-0.2, -0.15) is 0 Å². The summed E-state index contributed by atoms with van der Waals surface area (Å²) in [6, 6.07) is 6.57. The van der Waals surface area contributed by atoms with Gasteiger partial charge in [0.25, 0.3) is 0 Å². The molecule has 0 spiro atoms. The molecule has 1 aromatic carbocycles. The van der Waals surface area contributed by atoms with Gasteiger partial charge in [0.05, 0.1) is 0 Å². The summed E-state index contributed by atoms with van der Waals surface area (Å²) in [5.41, 5.74) is 4.34. The molecule has 0 aromatic heterocycles. The number of allylic oxidation sites excluding steroid dienone is 2. The van der Waals surface area contributed by atoms with Gasteiger partial charge in [-0.1, -0.05) is 24.3 Å². The topological polar surface area (TPSA) is 3.24 Å². The number of fused-ring (bicyclic) bond motifs is 1. The number of rotatable bonds is 1. The quantitative estimate of drug-likeness (QED) is 0.589. The first-order chi connectivity index (χ1) is 6.29. The van der Waals surface area contributed by atoms with Crippen LogP contribution in [0.1, 0.15) is 11.1 Å². The van der Waals surface area contributed by atoms with Crippen molar-refractivity contribution in [2.24, 2.45) is 0 Å². The van der Waals surface area contributed by atoms with Crippen molar-refractivity contribution in [3.05, 3.63) is 41.5 Å². The molecular formula is C12H15N. The Labute approximate surface area is 79.7 Å². The second kappa shape index (κ2) is 3.25. The van der Waals surface area contributed by atoms with Crippen molar-refractivity contribution in [2.45, 2.75) is 12.8 Å². The first-order valence-electron chi connectivity index (χ1n) is 4.72. The predicted molar refractivity (Wildman–Crippen MR) is 57.3 cm³/mol. The van der Waals surface area contributed by atoms with Crippen LogP contribution >= 0.6 is 0 Å². The van der Waals surface area contributed by atoms with Crippen LogP contribution in [0.25, 0.3) is 0 Å². The molecule has 1 aliphatic rings. The average Bonchev–Trinajstić information content (AvgIpc) is 2.17. The van der Waals surface area contributed by atoms with Crippen molar-refractivity contribution in [3.8, 4) is 0 Å². The van der Waals surface area contributed by atoms with Crippen molar-refractivity contribution < 1.29 is 0 Å². The van der Waals surface area contributed by atoms with E-state index in [1.54, 1.807) is 0 Å². The van der Waals surface area contributed by atoms with Crippen molar-refractivity contribution in [3.63, 3.8) is 0 Å². The van der Waals surface area contributed by atoms with Gasteiger partial charge in [0, 0.05) is 19.8 Å². The van der Waals surface area contributed by atoms with Gasteiger partial charge in [-0.05, 0) is 30.0 Å². The van der Waals surface area contributed by atoms with Crippen molar-refractivity contribution in [2.75, 3.05) is 19.0 Å². The molecule has 0 radical (unpaired) electrons. The van der Waals surface area contributed by atoms with Crippen LogP contribution in [0.15, 0.2) is 30.4 Å². The third kappa shape index (κ3) is 1.46. The zero-order valence-electron chi connectivity index (χ0n) is 8.25. The number of nitrogens with zero attached hydrogens (tertiary/aromatic N) is 1. The van der Waals surface area contributed by atoms with Gasteiger partial charge in [0.15, 0.2) is 0 Å². The van der Waals surface area contributed by atoms with Crippen LogP contribution in [-0.4, -0.2) is 14.1 Å². The molecule has 0 bridgehead atoms. The maximum absolute atomic E-state index is 2.26. The summed E-state index contributed by atoms with van der Waals surface area (Å²) < 4.78 is 0. The van der Waals surface area contributed by atoms with Crippen LogP contribution in [-0.2, 0) is 12.8 Å². The summed E-state index contributed by atoms with van der Waals surface area (Å²) in [4.78, 5) is 2.19. The van der Waals surface area contributed by atoms with E-state index in [9.17, 15) is 0 Å². The second-order valence-electron chi connectivity index (χ2n) is 3.69. The first kappa shape index (κ1) is 8.36. The molecule has 1 aliphatic carbocycles. The molecule has 0 saturated carbocycles. The largest absolute Gasteiger partial charge is 0.377 e. The van der Waals surface area contributed by atoms with E-state index < -0.39 is 0 Å². The predicted octanol–water partition coefficient (Wildman–Crippen LogP) is 2.41. The molecule has 0 N–H and O–H groups in total. The monoisotopic (exact) mass is 173 g/mol. The van der Waals surface area contributed by atoms with Crippen molar-refractivity contribution >= 4 is 5.69 Å². The molecule has 0 atom stereocenters. The highest BCUT2D eigenvalue weighted by Crippen LogP contribution is 2.26. The molecule has 0 saturated heterocycles. The molecule has 0 fully saturated rings. The summed E-state index contributed by atoms with van der Waals surface area (Å²) >= 11 is 0. The minimum Gasteiger partial charge on any atom is -0.377 e. The second-order valence-corrected chi connectivity index (χ2v) is 3.69. The van der Waals surface area contributed by atoms with Crippen molar-refractivity contribution in [1.29, 1.82) is 0 Å². The highest BCUT2D eigenvalue weighted by molar-refractivity contribution is 5.58. The van der Waals surface area contributed by atoms with Gasteiger partial charge >= 0.3 is 0 Å². The normalized spacial score (nSPS) is 14.0. The van der Waals surface area contributed by atoms with Crippen molar-refractivity contribution in [1.82, 2.24) is 0 Å². The fraction of sp³-hybridized carbons (Fsp3) is 0.333. The lowest BCUT2D eigenvalue weighted by atomic mass is 9.95. The summed E-state index contributed by atoms with van der Waals surface area (Å²) in [5, 5.41) is 0. The lowest BCUT2D eigenvalue weighted by Crippen LogP contribution is -2.13. The lowest BCUT2D eigenvalue weighted by Gasteiger charge is -2.21. The molecular weight excluding hydrogens is 158 g/mol. The van der Waals surface area contributed by atoms with E-state index in [-0.39, 0.29) is 0 Å². The standard InChI is InChI=1S/C12H15N/c1-13(2)12-9-5-7-10-6-3-4-8-11(10)12/h3-5,7,9H,6,8H2,1-2H3. The first-order valence-corrected chi connectivity index (χ1v) is 4.72. The van der Waals surface area contributed by atoms with Crippen LogP contribution in [0, 0.1) is 0 Å². The van der Waals surface area contributed by atoms with E-state index in [2.05, 4.69) is 49.3 Å². The van der Waals surface area contributed by atoms with E-state index >= 15 is 0 Å². The molecule has 68 valence electrons. The van der Waals surface area contributed by atoms with Crippen LogP contribution in [0.3, 0.4) is 0 Å². The summed E-state index contributed by atoms with van der Waals surface area (Å²) in [6.07, 6.45) is 6.69. The van der Waals surface area contributed by atoms with Crippen LogP contribution in [0.5, 0.6) is 0 Å². The Morgan fingerprint density at radius 1 is 1.08 bits per heavy atom. The highest BCUT2D eigenvalue weighted by atomic mass is 15.1. The van der Waals surface area contributed by atoms with Gasteiger partial charge < -0.3 is 4.90 Å². The molecule has 1 heteroatoms. The Morgan fingerprint density at radius 2 is 1.85 bits per heavy atom. The highest BCUT2D eigenvalue weighted by Gasteiger charge is 2.09. The molecule has 0 amide bonds. The molecule has 13 heavy (non-hydrogen) atoms. The van der Waals surface area contributed by atoms with Gasteiger partial charge in [-0.3, -0.25) is 0 Å². The Balaban J connectivity index is 2.49. The third-order valence-electron chi connectivity index (χ3n) is 2.56. The van der Waals surface area contributed by atoms with E-state index in [0.29, 0.717) is 0 Å². The molecule has 0 unspecified atom stereocenters. The number of benzene rings is 1. The fourth-order valence-corrected chi connectivity index (χ4v) is 1.88. The van der Waals surface area contributed by atoms with E-state index in [1.165, 1.54) is 16.8 Å². The molecule has 0 heterocycles. The maximum Gasteiger partial charge on any atom is 0.0399 e. The minimum atomic E-state index is 1.09. The Morgan fingerprint density at radius 3 is 2.62 bits per heavy atom. The van der Waals surface area contributed by atoms with Crippen LogP contribution in [0.4, 0.5) is 5.69 Å². The fourth-order valence-electron chi connectivity index (χ4n) is 1.88. The summed E-state index contributed by atoms with van der Waals surface area (Å²) in [6.45, 7) is 0. The summed E-state index contributed by atoms with van der Waals surface area (Å²) in [7, 11) is 4.21. The SMILES string of the molecule is CN(C)c1cccc2c1CC=CC2. The molecule has 0 aliphatic heterocycles. The molecule has 2 rings (SSSR count). The van der Waals surface area contributed by atoms with Gasteiger partial charge in [0.2, 0.25) is 0 Å².